The summed E-state index contributed by atoms with van der Waals surface area (Å²) in [7, 11) is 0. The van der Waals surface area contributed by atoms with Crippen molar-refractivity contribution in [1.82, 2.24) is 14.3 Å². The average molecular weight is 399 g/mol. The minimum atomic E-state index is -4.44. The second-order valence-electron chi connectivity index (χ2n) is 6.92. The molecule has 1 amide bonds. The fourth-order valence-electron chi connectivity index (χ4n) is 3.06. The number of piperazine rings is 1. The summed E-state index contributed by atoms with van der Waals surface area (Å²) in [5.41, 5.74) is 4.08. The summed E-state index contributed by atoms with van der Waals surface area (Å²) < 4.78 is 42.9. The molecule has 0 bridgehead atoms. The van der Waals surface area contributed by atoms with E-state index in [2.05, 4.69) is 9.36 Å². The number of nitrogen functional groups attached to an aromatic ring is 1. The van der Waals surface area contributed by atoms with Crippen LogP contribution in [0.3, 0.4) is 0 Å². The maximum absolute atomic E-state index is 13.0. The number of rotatable bonds is 3. The lowest BCUT2D eigenvalue weighted by Gasteiger charge is -2.38. The number of halogens is 3. The Bertz CT molecular complexity index is 828. The van der Waals surface area contributed by atoms with E-state index in [0.29, 0.717) is 36.9 Å². The molecule has 1 fully saturated rings. The molecular weight excluding hydrogens is 379 g/mol. The molecule has 27 heavy (non-hydrogen) atoms. The molecule has 2 heterocycles. The highest BCUT2D eigenvalue weighted by Crippen LogP contribution is 2.34. The van der Waals surface area contributed by atoms with Crippen LogP contribution < -0.4 is 10.6 Å². The van der Waals surface area contributed by atoms with Crippen LogP contribution in [0.15, 0.2) is 24.3 Å². The van der Waals surface area contributed by atoms with Gasteiger partial charge in [-0.3, -0.25) is 4.79 Å². The number of aromatic nitrogens is 2. The van der Waals surface area contributed by atoms with Crippen LogP contribution in [0.1, 0.15) is 25.0 Å². The number of hydrogen-bond acceptors (Lipinski definition) is 6. The van der Waals surface area contributed by atoms with Crippen LogP contribution >= 0.6 is 11.5 Å². The van der Waals surface area contributed by atoms with E-state index in [0.717, 1.165) is 12.1 Å². The summed E-state index contributed by atoms with van der Waals surface area (Å²) in [6, 6.07) is 4.97. The van der Waals surface area contributed by atoms with Crippen molar-refractivity contribution in [3.63, 3.8) is 0 Å². The van der Waals surface area contributed by atoms with Crippen molar-refractivity contribution in [3.8, 4) is 0 Å². The van der Waals surface area contributed by atoms with Crippen molar-refractivity contribution in [1.29, 1.82) is 0 Å². The van der Waals surface area contributed by atoms with Gasteiger partial charge in [0.05, 0.1) is 11.0 Å². The molecule has 0 atom stereocenters. The van der Waals surface area contributed by atoms with Gasteiger partial charge in [0.15, 0.2) is 0 Å². The Hall–Kier alpha value is -2.36. The number of nitrogens with zero attached hydrogens (tertiary/aromatic N) is 4. The summed E-state index contributed by atoms with van der Waals surface area (Å²) in [5, 5.41) is 0.705. The monoisotopic (exact) mass is 399 g/mol. The lowest BCUT2D eigenvalue weighted by molar-refractivity contribution is -0.139. The quantitative estimate of drug-likeness (QED) is 0.859. The van der Waals surface area contributed by atoms with Gasteiger partial charge in [0.2, 0.25) is 17.0 Å². The summed E-state index contributed by atoms with van der Waals surface area (Å²) >= 11 is 1.20. The van der Waals surface area contributed by atoms with E-state index in [1.807, 2.05) is 4.90 Å². The van der Waals surface area contributed by atoms with Crippen LogP contribution in [-0.2, 0) is 16.4 Å². The van der Waals surface area contributed by atoms with Crippen molar-refractivity contribution >= 4 is 28.5 Å². The van der Waals surface area contributed by atoms with Gasteiger partial charge in [0.25, 0.3) is 0 Å². The molecule has 2 aromatic rings. The molecule has 0 spiro atoms. The highest BCUT2D eigenvalue weighted by molar-refractivity contribution is 7.09. The molecule has 2 N–H and O–H groups in total. The minimum Gasteiger partial charge on any atom is -0.367 e. The van der Waals surface area contributed by atoms with E-state index in [4.69, 9.17) is 5.73 Å². The van der Waals surface area contributed by atoms with Gasteiger partial charge in [-0.1, -0.05) is 18.2 Å². The van der Waals surface area contributed by atoms with Gasteiger partial charge < -0.3 is 15.5 Å². The smallest absolute Gasteiger partial charge is 0.367 e. The fourth-order valence-corrected chi connectivity index (χ4v) is 3.71. The number of alkyl halides is 3. The molecule has 1 saturated heterocycles. The number of amides is 1. The summed E-state index contributed by atoms with van der Waals surface area (Å²) in [5.74, 6) is 0.0254. The molecular formula is C17H20F3N5OS. The fraction of sp³-hybridized carbons (Fsp3) is 0.471. The molecule has 0 aliphatic carbocycles. The molecule has 1 aliphatic heterocycles. The highest BCUT2D eigenvalue weighted by atomic mass is 32.1. The van der Waals surface area contributed by atoms with Gasteiger partial charge in [-0.15, -0.1) is 0 Å². The van der Waals surface area contributed by atoms with Crippen LogP contribution in [0.4, 0.5) is 24.3 Å². The first-order chi connectivity index (χ1) is 12.6. The van der Waals surface area contributed by atoms with E-state index in [9.17, 15) is 18.0 Å². The van der Waals surface area contributed by atoms with Crippen LogP contribution in [-0.4, -0.2) is 46.3 Å². The predicted molar refractivity (Wildman–Crippen MR) is 97.6 cm³/mol. The molecule has 0 saturated carbocycles. The SMILES string of the molecule is CC(C)(C(=O)N1CCN(c2nc(N)ns2)CC1)c1cccc(C(F)(F)F)c1. The Balaban J connectivity index is 1.72. The topological polar surface area (TPSA) is 75.4 Å². The number of carbonyl (C=O) groups excluding carboxylic acids is 1. The zero-order valence-corrected chi connectivity index (χ0v) is 15.8. The highest BCUT2D eigenvalue weighted by Gasteiger charge is 2.37. The van der Waals surface area contributed by atoms with Crippen LogP contribution in [0.2, 0.25) is 0 Å². The van der Waals surface area contributed by atoms with Gasteiger partial charge in [-0.05, 0) is 25.5 Å². The van der Waals surface area contributed by atoms with Crippen molar-refractivity contribution in [3.05, 3.63) is 35.4 Å². The number of carbonyl (C=O) groups is 1. The molecule has 146 valence electrons. The van der Waals surface area contributed by atoms with E-state index in [-0.39, 0.29) is 11.9 Å². The first-order valence-corrected chi connectivity index (χ1v) is 9.17. The normalized spacial score (nSPS) is 15.9. The second-order valence-corrected chi connectivity index (χ2v) is 7.65. The molecule has 10 heteroatoms. The number of hydrogen-bond donors (Lipinski definition) is 1. The predicted octanol–water partition coefficient (Wildman–Crippen LogP) is 2.77. The van der Waals surface area contributed by atoms with Crippen molar-refractivity contribution < 1.29 is 18.0 Å². The van der Waals surface area contributed by atoms with Crippen molar-refractivity contribution in [2.24, 2.45) is 0 Å². The van der Waals surface area contributed by atoms with Crippen LogP contribution in [0.25, 0.3) is 0 Å². The van der Waals surface area contributed by atoms with E-state index < -0.39 is 17.2 Å². The molecule has 6 nitrogen and oxygen atoms in total. The Kier molecular flexibility index (Phi) is 5.02. The third kappa shape index (κ3) is 4.00. The Labute approximate surface area is 159 Å². The van der Waals surface area contributed by atoms with Gasteiger partial charge in [0.1, 0.15) is 0 Å². The lowest BCUT2D eigenvalue weighted by Crippen LogP contribution is -2.53. The first-order valence-electron chi connectivity index (χ1n) is 8.40. The number of nitrogens with two attached hydrogens (primary N) is 1. The molecule has 3 rings (SSSR count). The number of benzene rings is 1. The number of anilines is 2. The first kappa shape index (κ1) is 19.4. The van der Waals surface area contributed by atoms with E-state index >= 15 is 0 Å². The standard InChI is InChI=1S/C17H20F3N5OS/c1-16(2,11-4-3-5-12(10-11)17(18,19)20)13(26)24-6-8-25(9-7-24)15-22-14(21)23-27-15/h3-5,10H,6-9H2,1-2H3,(H2,21,23). The third-order valence-electron chi connectivity index (χ3n) is 4.71. The summed E-state index contributed by atoms with van der Waals surface area (Å²) in [4.78, 5) is 20.8. The van der Waals surface area contributed by atoms with E-state index in [1.165, 1.54) is 17.6 Å². The molecule has 0 radical (unpaired) electrons. The molecule has 1 aromatic heterocycles. The molecule has 0 unspecified atom stereocenters. The average Bonchev–Trinajstić information content (AvgIpc) is 3.07. The van der Waals surface area contributed by atoms with Gasteiger partial charge in [-0.2, -0.15) is 22.5 Å². The Morgan fingerprint density at radius 3 is 2.33 bits per heavy atom. The van der Waals surface area contributed by atoms with Crippen LogP contribution in [0, 0.1) is 0 Å². The Morgan fingerprint density at radius 2 is 1.78 bits per heavy atom. The maximum Gasteiger partial charge on any atom is 0.416 e. The van der Waals surface area contributed by atoms with Crippen molar-refractivity contribution in [2.75, 3.05) is 36.8 Å². The summed E-state index contributed by atoms with van der Waals surface area (Å²) in [6.07, 6.45) is -4.44. The van der Waals surface area contributed by atoms with Crippen LogP contribution in [0.5, 0.6) is 0 Å². The maximum atomic E-state index is 13.0. The lowest BCUT2D eigenvalue weighted by atomic mass is 9.82. The molecule has 1 aliphatic rings. The minimum absolute atomic E-state index is 0.196. The van der Waals surface area contributed by atoms with Crippen molar-refractivity contribution in [2.45, 2.75) is 25.4 Å². The largest absolute Gasteiger partial charge is 0.416 e. The zero-order chi connectivity index (χ0) is 19.8. The van der Waals surface area contributed by atoms with Gasteiger partial charge >= 0.3 is 6.18 Å². The van der Waals surface area contributed by atoms with E-state index in [1.54, 1.807) is 24.8 Å². The summed E-state index contributed by atoms with van der Waals surface area (Å²) in [6.45, 7) is 5.37. The van der Waals surface area contributed by atoms with Gasteiger partial charge in [-0.25, -0.2) is 0 Å². The second kappa shape index (κ2) is 6.99. The third-order valence-corrected chi connectivity index (χ3v) is 5.51. The zero-order valence-electron chi connectivity index (χ0n) is 15.0. The Morgan fingerprint density at radius 1 is 1.15 bits per heavy atom. The molecule has 1 aromatic carbocycles. The van der Waals surface area contributed by atoms with Gasteiger partial charge in [0, 0.05) is 37.7 Å².